The number of carbonyl (C=O) groups is 1. The summed E-state index contributed by atoms with van der Waals surface area (Å²) >= 11 is 0. The van der Waals surface area contributed by atoms with E-state index in [2.05, 4.69) is 4.98 Å². The second-order valence-electron chi connectivity index (χ2n) is 2.85. The minimum absolute atomic E-state index is 0.264. The van der Waals surface area contributed by atoms with E-state index < -0.39 is 5.97 Å². The zero-order valence-electron chi connectivity index (χ0n) is 7.06. The minimum atomic E-state index is -0.925. The Morgan fingerprint density at radius 1 is 1.54 bits per heavy atom. The van der Waals surface area contributed by atoms with E-state index in [4.69, 9.17) is 5.11 Å². The highest BCUT2D eigenvalue weighted by Gasteiger charge is 2.08. The number of hydrogen-bond acceptors (Lipinski definition) is 2. The number of aryl methyl sites for hydroxylation is 1. The van der Waals surface area contributed by atoms with Crippen LogP contribution in [0.2, 0.25) is 0 Å². The third-order valence-corrected chi connectivity index (χ3v) is 1.89. The average Bonchev–Trinajstić information content (AvgIpc) is 2.46. The maximum absolute atomic E-state index is 10.7. The van der Waals surface area contributed by atoms with Gasteiger partial charge in [0.2, 0.25) is 0 Å². The van der Waals surface area contributed by atoms with Crippen LogP contribution in [-0.2, 0) is 0 Å². The molecule has 0 unspecified atom stereocenters. The number of aromatic carboxylic acids is 1. The highest BCUT2D eigenvalue weighted by Crippen LogP contribution is 2.09. The molecular weight excluding hydrogens is 168 g/mol. The number of nitrogens with zero attached hydrogens (tertiary/aromatic N) is 2. The van der Waals surface area contributed by atoms with Gasteiger partial charge in [0, 0.05) is 6.20 Å². The first-order valence-electron chi connectivity index (χ1n) is 3.85. The van der Waals surface area contributed by atoms with Crippen molar-refractivity contribution in [2.45, 2.75) is 6.92 Å². The van der Waals surface area contributed by atoms with Crippen molar-refractivity contribution in [2.75, 3.05) is 0 Å². The summed E-state index contributed by atoms with van der Waals surface area (Å²) in [5.41, 5.74) is 1.86. The predicted molar refractivity (Wildman–Crippen MR) is 46.9 cm³/mol. The fraction of sp³-hybridized carbons (Fsp3) is 0.111. The van der Waals surface area contributed by atoms with Crippen molar-refractivity contribution in [3.63, 3.8) is 0 Å². The quantitative estimate of drug-likeness (QED) is 0.713. The largest absolute Gasteiger partial charge is 0.477 e. The second-order valence-corrected chi connectivity index (χ2v) is 2.85. The first-order valence-corrected chi connectivity index (χ1v) is 3.85. The molecule has 1 N–H and O–H groups in total. The Morgan fingerprint density at radius 3 is 3.00 bits per heavy atom. The third-order valence-electron chi connectivity index (χ3n) is 1.89. The summed E-state index contributed by atoms with van der Waals surface area (Å²) < 4.78 is 1.62. The molecule has 4 heteroatoms. The normalized spacial score (nSPS) is 10.5. The Morgan fingerprint density at radius 2 is 2.31 bits per heavy atom. The van der Waals surface area contributed by atoms with E-state index >= 15 is 0 Å². The van der Waals surface area contributed by atoms with Crippen LogP contribution in [0.1, 0.15) is 16.2 Å². The Hall–Kier alpha value is -1.84. The molecule has 0 atom stereocenters. The highest BCUT2D eigenvalue weighted by molar-refractivity contribution is 5.87. The van der Waals surface area contributed by atoms with Gasteiger partial charge in [-0.3, -0.25) is 4.98 Å². The average molecular weight is 176 g/mol. The molecule has 0 amide bonds. The second kappa shape index (κ2) is 2.58. The van der Waals surface area contributed by atoms with E-state index in [1.54, 1.807) is 28.9 Å². The summed E-state index contributed by atoms with van der Waals surface area (Å²) in [5.74, 6) is -0.925. The number of rotatable bonds is 1. The first kappa shape index (κ1) is 7.79. The van der Waals surface area contributed by atoms with E-state index in [1.165, 1.54) is 0 Å². The van der Waals surface area contributed by atoms with Crippen molar-refractivity contribution >= 4 is 11.5 Å². The molecule has 0 aliphatic rings. The lowest BCUT2D eigenvalue weighted by atomic mass is 10.4. The lowest BCUT2D eigenvalue weighted by Crippen LogP contribution is -2.02. The van der Waals surface area contributed by atoms with Crippen LogP contribution >= 0.6 is 0 Å². The SMILES string of the molecule is Cc1cn2c(C(=O)O)ccc2cn1. The fourth-order valence-corrected chi connectivity index (χ4v) is 1.28. The molecule has 0 saturated heterocycles. The van der Waals surface area contributed by atoms with Crippen LogP contribution in [0.5, 0.6) is 0 Å². The molecule has 0 aromatic carbocycles. The molecule has 2 aromatic rings. The van der Waals surface area contributed by atoms with Gasteiger partial charge in [0.15, 0.2) is 0 Å². The van der Waals surface area contributed by atoms with Gasteiger partial charge in [-0.15, -0.1) is 0 Å². The fourth-order valence-electron chi connectivity index (χ4n) is 1.28. The molecule has 2 rings (SSSR count). The van der Waals surface area contributed by atoms with E-state index in [0.717, 1.165) is 11.2 Å². The molecule has 0 bridgehead atoms. The molecule has 0 radical (unpaired) electrons. The monoisotopic (exact) mass is 176 g/mol. The van der Waals surface area contributed by atoms with Crippen molar-refractivity contribution in [3.8, 4) is 0 Å². The van der Waals surface area contributed by atoms with Gasteiger partial charge in [-0.05, 0) is 19.1 Å². The highest BCUT2D eigenvalue weighted by atomic mass is 16.4. The molecular formula is C9H8N2O2. The van der Waals surface area contributed by atoms with Gasteiger partial charge in [0.25, 0.3) is 0 Å². The van der Waals surface area contributed by atoms with E-state index in [1.807, 2.05) is 6.92 Å². The van der Waals surface area contributed by atoms with Crippen LogP contribution < -0.4 is 0 Å². The van der Waals surface area contributed by atoms with Crippen molar-refractivity contribution in [1.29, 1.82) is 0 Å². The van der Waals surface area contributed by atoms with Gasteiger partial charge in [-0.25, -0.2) is 4.79 Å². The summed E-state index contributed by atoms with van der Waals surface area (Å²) in [6.07, 6.45) is 3.36. The van der Waals surface area contributed by atoms with Gasteiger partial charge < -0.3 is 9.51 Å². The lowest BCUT2D eigenvalue weighted by Gasteiger charge is -1.98. The third kappa shape index (κ3) is 1.16. The first-order chi connectivity index (χ1) is 6.18. The minimum Gasteiger partial charge on any atom is -0.477 e. The summed E-state index contributed by atoms with van der Waals surface area (Å²) in [6, 6.07) is 3.30. The molecule has 0 spiro atoms. The zero-order chi connectivity index (χ0) is 9.42. The molecule has 0 saturated carbocycles. The molecule has 2 aromatic heterocycles. The summed E-state index contributed by atoms with van der Waals surface area (Å²) in [6.45, 7) is 1.82. The van der Waals surface area contributed by atoms with Gasteiger partial charge in [-0.2, -0.15) is 0 Å². The lowest BCUT2D eigenvalue weighted by molar-refractivity contribution is 0.0689. The molecule has 2 heterocycles. The molecule has 66 valence electrons. The number of hydrogen-bond donors (Lipinski definition) is 1. The Kier molecular flexibility index (Phi) is 1.55. The Labute approximate surface area is 74.5 Å². The van der Waals surface area contributed by atoms with Crippen LogP contribution in [0.4, 0.5) is 0 Å². The van der Waals surface area contributed by atoms with E-state index in [-0.39, 0.29) is 5.69 Å². The maximum atomic E-state index is 10.7. The summed E-state index contributed by atoms with van der Waals surface area (Å²) in [4.78, 5) is 14.8. The molecule has 4 nitrogen and oxygen atoms in total. The van der Waals surface area contributed by atoms with E-state index in [9.17, 15) is 4.79 Å². The van der Waals surface area contributed by atoms with Gasteiger partial charge in [0.05, 0.1) is 17.4 Å². The van der Waals surface area contributed by atoms with Crippen LogP contribution in [0, 0.1) is 6.92 Å². The molecule has 0 aliphatic carbocycles. The molecule has 0 fully saturated rings. The van der Waals surface area contributed by atoms with Crippen molar-refractivity contribution in [3.05, 3.63) is 35.9 Å². The number of carboxylic acid groups (broad SMARTS) is 1. The smallest absolute Gasteiger partial charge is 0.352 e. The standard InChI is InChI=1S/C9H8N2O2/c1-6-5-11-7(4-10-6)2-3-8(11)9(12)13/h2-5H,1H3,(H,12,13). The van der Waals surface area contributed by atoms with Crippen molar-refractivity contribution in [2.24, 2.45) is 0 Å². The van der Waals surface area contributed by atoms with Crippen molar-refractivity contribution in [1.82, 2.24) is 9.38 Å². The van der Waals surface area contributed by atoms with Crippen LogP contribution in [0.3, 0.4) is 0 Å². The summed E-state index contributed by atoms with van der Waals surface area (Å²) in [7, 11) is 0. The van der Waals surface area contributed by atoms with Crippen LogP contribution in [0.25, 0.3) is 5.52 Å². The van der Waals surface area contributed by atoms with Gasteiger partial charge in [-0.1, -0.05) is 0 Å². The Balaban J connectivity index is 2.79. The van der Waals surface area contributed by atoms with Gasteiger partial charge >= 0.3 is 5.97 Å². The number of fused-ring (bicyclic) bond motifs is 1. The number of aromatic nitrogens is 2. The Bertz CT molecular complexity index is 473. The van der Waals surface area contributed by atoms with Crippen LogP contribution in [0.15, 0.2) is 24.5 Å². The zero-order valence-corrected chi connectivity index (χ0v) is 7.06. The molecule has 0 aliphatic heterocycles. The van der Waals surface area contributed by atoms with Crippen molar-refractivity contribution < 1.29 is 9.90 Å². The summed E-state index contributed by atoms with van der Waals surface area (Å²) in [5, 5.41) is 8.82. The predicted octanol–water partition coefficient (Wildman–Crippen LogP) is 1.34. The maximum Gasteiger partial charge on any atom is 0.352 e. The van der Waals surface area contributed by atoms with Crippen LogP contribution in [-0.4, -0.2) is 20.5 Å². The molecule has 13 heavy (non-hydrogen) atoms. The topological polar surface area (TPSA) is 54.6 Å². The van der Waals surface area contributed by atoms with Gasteiger partial charge in [0.1, 0.15) is 5.69 Å². The number of carboxylic acids is 1. The van der Waals surface area contributed by atoms with E-state index in [0.29, 0.717) is 0 Å².